The number of methoxy groups -OCH3 is 1. The molecule has 0 amide bonds. The molecule has 0 spiro atoms. The Morgan fingerprint density at radius 2 is 1.87 bits per heavy atom. The van der Waals surface area contributed by atoms with Crippen LogP contribution in [0.15, 0.2) is 48.5 Å². The Morgan fingerprint density at radius 3 is 2.60 bits per heavy atom. The van der Waals surface area contributed by atoms with Gasteiger partial charge in [0.25, 0.3) is 0 Å². The second-order valence-electron chi connectivity index (χ2n) is 8.63. The lowest BCUT2D eigenvalue weighted by atomic mass is 9.76. The summed E-state index contributed by atoms with van der Waals surface area (Å²) in [6, 6.07) is 18.4. The normalized spacial score (nSPS) is 26.1. The van der Waals surface area contributed by atoms with E-state index in [2.05, 4.69) is 53.7 Å². The smallest absolute Gasteiger partial charge is 0.118 e. The summed E-state index contributed by atoms with van der Waals surface area (Å²) in [7, 11) is 4.04. The fourth-order valence-corrected chi connectivity index (χ4v) is 6.26. The van der Waals surface area contributed by atoms with Crippen LogP contribution in [0.4, 0.5) is 0 Å². The zero-order chi connectivity index (χ0) is 20.9. The molecule has 4 atom stereocenters. The van der Waals surface area contributed by atoms with Crippen molar-refractivity contribution in [1.29, 1.82) is 0 Å². The molecular weight excluding hydrogens is 412 g/mol. The van der Waals surface area contributed by atoms with Crippen molar-refractivity contribution in [2.24, 2.45) is 5.92 Å². The molecule has 0 aliphatic carbocycles. The van der Waals surface area contributed by atoms with E-state index in [0.29, 0.717) is 17.9 Å². The van der Waals surface area contributed by atoms with Crippen LogP contribution in [-0.2, 0) is 5.75 Å². The predicted octanol–water partition coefficient (Wildman–Crippen LogP) is 5.44. The standard InChI is InChI=1S/C25H33ClN2OS/c1-28-21-9-12-25(28)24(23(15-21)19-5-7-20(26)8-6-19)16-27-13-14-30-17-18-3-10-22(29-2)11-4-18/h3-8,10-11,21,23-25,27H,9,12-17H2,1-2H3/t21?,23?,24?,25-/m0/s1. The Balaban J connectivity index is 1.27. The summed E-state index contributed by atoms with van der Waals surface area (Å²) in [4.78, 5) is 2.65. The highest BCUT2D eigenvalue weighted by molar-refractivity contribution is 7.98. The van der Waals surface area contributed by atoms with Gasteiger partial charge in [-0.1, -0.05) is 35.9 Å². The Bertz CT molecular complexity index is 798. The first-order valence-electron chi connectivity index (χ1n) is 11.0. The number of hydrogen-bond acceptors (Lipinski definition) is 4. The number of benzene rings is 2. The second kappa shape index (κ2) is 10.4. The van der Waals surface area contributed by atoms with E-state index in [-0.39, 0.29) is 0 Å². The average molecular weight is 445 g/mol. The Kier molecular flexibility index (Phi) is 7.64. The number of piperidine rings is 1. The molecule has 2 bridgehead atoms. The fourth-order valence-electron chi connectivity index (χ4n) is 5.27. The van der Waals surface area contributed by atoms with Gasteiger partial charge < -0.3 is 15.0 Å². The van der Waals surface area contributed by atoms with Crippen LogP contribution in [0.2, 0.25) is 5.02 Å². The van der Waals surface area contributed by atoms with E-state index in [0.717, 1.165) is 41.4 Å². The molecular formula is C25H33ClN2OS. The van der Waals surface area contributed by atoms with Crippen LogP contribution in [0.25, 0.3) is 0 Å². The van der Waals surface area contributed by atoms with Gasteiger partial charge in [0.1, 0.15) is 5.75 Å². The highest BCUT2D eigenvalue weighted by Gasteiger charge is 2.45. The second-order valence-corrected chi connectivity index (χ2v) is 10.2. The molecule has 2 heterocycles. The molecule has 3 unspecified atom stereocenters. The van der Waals surface area contributed by atoms with E-state index >= 15 is 0 Å². The van der Waals surface area contributed by atoms with Crippen LogP contribution in [0.3, 0.4) is 0 Å². The molecule has 0 saturated carbocycles. The SMILES string of the molecule is COc1ccc(CSCCNCC2C(c3ccc(Cl)cc3)CC3CC[C@@H]2N3C)cc1. The topological polar surface area (TPSA) is 24.5 Å². The van der Waals surface area contributed by atoms with Crippen molar-refractivity contribution in [2.45, 2.75) is 43.0 Å². The van der Waals surface area contributed by atoms with Crippen LogP contribution in [0.1, 0.15) is 36.3 Å². The summed E-state index contributed by atoms with van der Waals surface area (Å²) >= 11 is 8.13. The van der Waals surface area contributed by atoms with Crippen LogP contribution < -0.4 is 10.1 Å². The van der Waals surface area contributed by atoms with Gasteiger partial charge in [-0.2, -0.15) is 11.8 Å². The average Bonchev–Trinajstić information content (AvgIpc) is 3.01. The van der Waals surface area contributed by atoms with Gasteiger partial charge in [0, 0.05) is 41.7 Å². The lowest BCUT2D eigenvalue weighted by Gasteiger charge is -2.43. The molecule has 4 rings (SSSR count). The zero-order valence-electron chi connectivity index (χ0n) is 18.0. The van der Waals surface area contributed by atoms with Gasteiger partial charge in [0.2, 0.25) is 0 Å². The van der Waals surface area contributed by atoms with Crippen molar-refractivity contribution in [1.82, 2.24) is 10.2 Å². The third-order valence-corrected chi connectivity index (χ3v) is 8.24. The number of thioether (sulfide) groups is 1. The molecule has 2 fully saturated rings. The van der Waals surface area contributed by atoms with Crippen LogP contribution in [0.5, 0.6) is 5.75 Å². The first-order chi connectivity index (χ1) is 14.7. The van der Waals surface area contributed by atoms with E-state index in [1.54, 1.807) is 7.11 Å². The maximum Gasteiger partial charge on any atom is 0.118 e. The van der Waals surface area contributed by atoms with E-state index < -0.39 is 0 Å². The minimum absolute atomic E-state index is 0.635. The largest absolute Gasteiger partial charge is 0.497 e. The fraction of sp³-hybridized carbons (Fsp3) is 0.520. The number of nitrogens with one attached hydrogen (secondary N) is 1. The first-order valence-corrected chi connectivity index (χ1v) is 12.6. The Hall–Kier alpha value is -1.20. The van der Waals surface area contributed by atoms with E-state index in [9.17, 15) is 0 Å². The molecule has 2 aliphatic heterocycles. The number of nitrogens with zero attached hydrogens (tertiary/aromatic N) is 1. The van der Waals surface area contributed by atoms with Gasteiger partial charge in [-0.05, 0) is 73.5 Å². The molecule has 5 heteroatoms. The molecule has 1 N–H and O–H groups in total. The predicted molar refractivity (Wildman–Crippen MR) is 129 cm³/mol. The third kappa shape index (κ3) is 5.16. The summed E-state index contributed by atoms with van der Waals surface area (Å²) in [5.41, 5.74) is 2.82. The summed E-state index contributed by atoms with van der Waals surface area (Å²) in [5, 5.41) is 4.61. The van der Waals surface area contributed by atoms with Crippen molar-refractivity contribution in [3.8, 4) is 5.75 Å². The summed E-state index contributed by atoms with van der Waals surface area (Å²) < 4.78 is 5.23. The minimum Gasteiger partial charge on any atom is -0.497 e. The van der Waals surface area contributed by atoms with Gasteiger partial charge >= 0.3 is 0 Å². The highest BCUT2D eigenvalue weighted by Crippen LogP contribution is 2.46. The van der Waals surface area contributed by atoms with Crippen LogP contribution >= 0.6 is 23.4 Å². The van der Waals surface area contributed by atoms with Gasteiger partial charge in [-0.25, -0.2) is 0 Å². The molecule has 2 aromatic rings. The number of ether oxygens (including phenoxy) is 1. The van der Waals surface area contributed by atoms with Crippen molar-refractivity contribution in [2.75, 3.05) is 33.0 Å². The van der Waals surface area contributed by atoms with Crippen LogP contribution in [-0.4, -0.2) is 50.0 Å². The van der Waals surface area contributed by atoms with Crippen molar-refractivity contribution < 1.29 is 4.74 Å². The molecule has 2 aromatic carbocycles. The molecule has 162 valence electrons. The number of halogens is 1. The van der Waals surface area contributed by atoms with Crippen LogP contribution in [0, 0.1) is 5.92 Å². The molecule has 2 aliphatic rings. The lowest BCUT2D eigenvalue weighted by Crippen LogP contribution is -2.49. The van der Waals surface area contributed by atoms with E-state index in [1.165, 1.54) is 30.4 Å². The van der Waals surface area contributed by atoms with Gasteiger partial charge in [0.05, 0.1) is 7.11 Å². The molecule has 30 heavy (non-hydrogen) atoms. The van der Waals surface area contributed by atoms with E-state index in [4.69, 9.17) is 16.3 Å². The molecule has 2 saturated heterocycles. The number of rotatable bonds is 9. The number of hydrogen-bond donors (Lipinski definition) is 1. The van der Waals surface area contributed by atoms with E-state index in [1.807, 2.05) is 23.9 Å². The maximum atomic E-state index is 6.14. The first kappa shape index (κ1) is 22.0. The number of fused-ring (bicyclic) bond motifs is 2. The van der Waals surface area contributed by atoms with Gasteiger partial charge in [-0.15, -0.1) is 0 Å². The van der Waals surface area contributed by atoms with Crippen molar-refractivity contribution in [3.05, 3.63) is 64.7 Å². The maximum absolute atomic E-state index is 6.14. The highest BCUT2D eigenvalue weighted by atomic mass is 35.5. The third-order valence-electron chi connectivity index (χ3n) is 6.96. The molecule has 0 radical (unpaired) electrons. The Labute approximate surface area is 190 Å². The summed E-state index contributed by atoms with van der Waals surface area (Å²) in [6.45, 7) is 2.16. The monoisotopic (exact) mass is 444 g/mol. The van der Waals surface area contributed by atoms with Gasteiger partial charge in [-0.3, -0.25) is 0 Å². The Morgan fingerprint density at radius 1 is 1.10 bits per heavy atom. The molecule has 0 aromatic heterocycles. The lowest BCUT2D eigenvalue weighted by molar-refractivity contribution is 0.0993. The quantitative estimate of drug-likeness (QED) is 0.520. The van der Waals surface area contributed by atoms with Crippen molar-refractivity contribution in [3.63, 3.8) is 0 Å². The minimum atomic E-state index is 0.635. The molecule has 3 nitrogen and oxygen atoms in total. The zero-order valence-corrected chi connectivity index (χ0v) is 19.6. The van der Waals surface area contributed by atoms with Crippen molar-refractivity contribution >= 4 is 23.4 Å². The van der Waals surface area contributed by atoms with Gasteiger partial charge in [0.15, 0.2) is 0 Å². The summed E-state index contributed by atoms with van der Waals surface area (Å²) in [5.74, 6) is 4.41. The summed E-state index contributed by atoms with van der Waals surface area (Å²) in [6.07, 6.45) is 3.95.